The second-order valence-corrected chi connectivity index (χ2v) is 6.33. The predicted octanol–water partition coefficient (Wildman–Crippen LogP) is 1.99. The van der Waals surface area contributed by atoms with Crippen LogP contribution in [0.4, 0.5) is 0 Å². The minimum absolute atomic E-state index is 0.429. The molecule has 1 aliphatic rings. The summed E-state index contributed by atoms with van der Waals surface area (Å²) in [7, 11) is 0. The maximum absolute atomic E-state index is 11.3. The fourth-order valence-corrected chi connectivity index (χ4v) is 3.63. The molecular formula is C13H14ClN3O2S. The van der Waals surface area contributed by atoms with Gasteiger partial charge in [-0.05, 0) is 12.1 Å². The number of hydrogen-bond acceptors (Lipinski definition) is 4. The van der Waals surface area contributed by atoms with Crippen LogP contribution in [-0.2, 0) is 11.3 Å². The van der Waals surface area contributed by atoms with E-state index in [0.717, 1.165) is 23.6 Å². The zero-order valence-corrected chi connectivity index (χ0v) is 12.3. The van der Waals surface area contributed by atoms with E-state index in [1.807, 2.05) is 21.6 Å². The van der Waals surface area contributed by atoms with Gasteiger partial charge in [0.05, 0.1) is 10.7 Å². The summed E-state index contributed by atoms with van der Waals surface area (Å²) in [6, 6.07) is 3.22. The molecule has 1 unspecified atom stereocenters. The molecule has 2 aromatic rings. The van der Waals surface area contributed by atoms with Crippen LogP contribution >= 0.6 is 23.4 Å². The second-order valence-electron chi connectivity index (χ2n) is 4.74. The summed E-state index contributed by atoms with van der Waals surface area (Å²) >= 11 is 7.63. The molecule has 1 fully saturated rings. The van der Waals surface area contributed by atoms with Crippen LogP contribution in [0.3, 0.4) is 0 Å². The standard InChI is InChI=1S/C13H14ClN3O2S/c14-9-1-2-12-15-10(7-17(12)5-9)6-16-3-4-20-8-11(16)13(18)19/h1-2,5,7,11H,3-4,6,8H2,(H,18,19). The van der Waals surface area contributed by atoms with Crippen molar-refractivity contribution >= 4 is 35.0 Å². The summed E-state index contributed by atoms with van der Waals surface area (Å²) in [6.07, 6.45) is 3.70. The highest BCUT2D eigenvalue weighted by atomic mass is 35.5. The van der Waals surface area contributed by atoms with Gasteiger partial charge in [-0.3, -0.25) is 9.69 Å². The minimum atomic E-state index is -0.760. The van der Waals surface area contributed by atoms with Gasteiger partial charge in [-0.2, -0.15) is 11.8 Å². The van der Waals surface area contributed by atoms with Gasteiger partial charge in [0.2, 0.25) is 0 Å². The topological polar surface area (TPSA) is 57.8 Å². The van der Waals surface area contributed by atoms with Crippen LogP contribution in [0, 0.1) is 0 Å². The molecule has 5 nitrogen and oxygen atoms in total. The van der Waals surface area contributed by atoms with Gasteiger partial charge in [-0.1, -0.05) is 11.6 Å². The van der Waals surface area contributed by atoms with E-state index >= 15 is 0 Å². The molecule has 0 aromatic carbocycles. The van der Waals surface area contributed by atoms with Gasteiger partial charge in [0.1, 0.15) is 11.7 Å². The maximum atomic E-state index is 11.3. The van der Waals surface area contributed by atoms with Crippen LogP contribution in [0.2, 0.25) is 5.02 Å². The third-order valence-corrected chi connectivity index (χ3v) is 4.60. The quantitative estimate of drug-likeness (QED) is 0.939. The molecule has 1 saturated heterocycles. The van der Waals surface area contributed by atoms with E-state index in [4.69, 9.17) is 11.6 Å². The van der Waals surface area contributed by atoms with Crippen molar-refractivity contribution in [1.82, 2.24) is 14.3 Å². The van der Waals surface area contributed by atoms with Gasteiger partial charge in [-0.25, -0.2) is 4.98 Å². The van der Waals surface area contributed by atoms with Crippen molar-refractivity contribution in [1.29, 1.82) is 0 Å². The van der Waals surface area contributed by atoms with Crippen molar-refractivity contribution in [3.05, 3.63) is 35.2 Å². The zero-order chi connectivity index (χ0) is 14.1. The number of aromatic nitrogens is 2. The summed E-state index contributed by atoms with van der Waals surface area (Å²) in [6.45, 7) is 1.33. The average molecular weight is 312 g/mol. The fourth-order valence-electron chi connectivity index (χ4n) is 2.36. The van der Waals surface area contributed by atoms with E-state index in [2.05, 4.69) is 4.98 Å². The molecule has 2 aromatic heterocycles. The van der Waals surface area contributed by atoms with Crippen LogP contribution in [-0.4, -0.2) is 49.5 Å². The van der Waals surface area contributed by atoms with Gasteiger partial charge in [0, 0.05) is 37.0 Å². The van der Waals surface area contributed by atoms with Crippen LogP contribution in [0.15, 0.2) is 24.5 Å². The molecule has 0 spiro atoms. The number of carboxylic acids is 1. The largest absolute Gasteiger partial charge is 0.480 e. The van der Waals surface area contributed by atoms with Crippen molar-refractivity contribution in [2.45, 2.75) is 12.6 Å². The lowest BCUT2D eigenvalue weighted by Crippen LogP contribution is -2.46. The Bertz CT molecular complexity index is 646. The average Bonchev–Trinajstić information content (AvgIpc) is 2.80. The Morgan fingerprint density at radius 2 is 2.35 bits per heavy atom. The molecule has 3 rings (SSSR count). The molecule has 0 saturated carbocycles. The molecule has 7 heteroatoms. The first-order chi connectivity index (χ1) is 9.63. The molecule has 1 aliphatic heterocycles. The Labute approximate surface area is 125 Å². The lowest BCUT2D eigenvalue weighted by Gasteiger charge is -2.31. The first-order valence-electron chi connectivity index (χ1n) is 6.31. The molecule has 3 heterocycles. The second kappa shape index (κ2) is 5.63. The van der Waals surface area contributed by atoms with Crippen LogP contribution in [0.5, 0.6) is 0 Å². The summed E-state index contributed by atoms with van der Waals surface area (Å²) in [5.74, 6) is 0.835. The lowest BCUT2D eigenvalue weighted by molar-refractivity contribution is -0.142. The number of rotatable bonds is 3. The van der Waals surface area contributed by atoms with Gasteiger partial charge in [0.15, 0.2) is 0 Å². The summed E-state index contributed by atoms with van der Waals surface area (Å²) < 4.78 is 1.87. The van der Waals surface area contributed by atoms with Crippen LogP contribution in [0.25, 0.3) is 5.65 Å². The Kier molecular flexibility index (Phi) is 3.87. The number of imidazole rings is 1. The summed E-state index contributed by atoms with van der Waals surface area (Å²) in [5, 5.41) is 9.92. The minimum Gasteiger partial charge on any atom is -0.480 e. The predicted molar refractivity (Wildman–Crippen MR) is 79.4 cm³/mol. The molecule has 20 heavy (non-hydrogen) atoms. The molecule has 1 N–H and O–H groups in total. The van der Waals surface area contributed by atoms with Crippen molar-refractivity contribution in [3.8, 4) is 0 Å². The highest BCUT2D eigenvalue weighted by Gasteiger charge is 2.29. The number of nitrogens with zero attached hydrogens (tertiary/aromatic N) is 3. The first-order valence-corrected chi connectivity index (χ1v) is 7.84. The van der Waals surface area contributed by atoms with Crippen LogP contribution < -0.4 is 0 Å². The van der Waals surface area contributed by atoms with E-state index in [9.17, 15) is 9.90 Å². The number of carbonyl (C=O) groups is 1. The summed E-state index contributed by atoms with van der Waals surface area (Å²) in [5.41, 5.74) is 1.69. The van der Waals surface area contributed by atoms with Crippen molar-refractivity contribution in [2.24, 2.45) is 0 Å². The Morgan fingerprint density at radius 1 is 1.50 bits per heavy atom. The van der Waals surface area contributed by atoms with E-state index < -0.39 is 12.0 Å². The number of thioether (sulfide) groups is 1. The van der Waals surface area contributed by atoms with Crippen LogP contribution in [0.1, 0.15) is 5.69 Å². The monoisotopic (exact) mass is 311 g/mol. The molecule has 0 radical (unpaired) electrons. The molecular weight excluding hydrogens is 298 g/mol. The highest BCUT2D eigenvalue weighted by molar-refractivity contribution is 7.99. The van der Waals surface area contributed by atoms with E-state index in [0.29, 0.717) is 17.3 Å². The lowest BCUT2D eigenvalue weighted by atomic mass is 10.2. The molecule has 0 amide bonds. The maximum Gasteiger partial charge on any atom is 0.321 e. The number of pyridine rings is 1. The molecule has 106 valence electrons. The van der Waals surface area contributed by atoms with Gasteiger partial charge >= 0.3 is 5.97 Å². The number of fused-ring (bicyclic) bond motifs is 1. The van der Waals surface area contributed by atoms with E-state index in [1.54, 1.807) is 24.0 Å². The Hall–Kier alpha value is -1.24. The third-order valence-electron chi connectivity index (χ3n) is 3.35. The smallest absolute Gasteiger partial charge is 0.321 e. The van der Waals surface area contributed by atoms with Crippen molar-refractivity contribution in [3.63, 3.8) is 0 Å². The first kappa shape index (κ1) is 13.7. The van der Waals surface area contributed by atoms with Gasteiger partial charge < -0.3 is 9.51 Å². The van der Waals surface area contributed by atoms with Gasteiger partial charge in [-0.15, -0.1) is 0 Å². The van der Waals surface area contributed by atoms with E-state index in [-0.39, 0.29) is 0 Å². The molecule has 0 aliphatic carbocycles. The Balaban J connectivity index is 1.82. The van der Waals surface area contributed by atoms with Crippen molar-refractivity contribution in [2.75, 3.05) is 18.1 Å². The zero-order valence-electron chi connectivity index (χ0n) is 10.7. The molecule has 1 atom stereocenters. The number of aliphatic carboxylic acids is 1. The molecule has 0 bridgehead atoms. The normalized spacial score (nSPS) is 20.4. The fraction of sp³-hybridized carbons (Fsp3) is 0.385. The summed E-state index contributed by atoms with van der Waals surface area (Å²) in [4.78, 5) is 17.8. The number of halogens is 1. The van der Waals surface area contributed by atoms with Crippen molar-refractivity contribution < 1.29 is 9.90 Å². The highest BCUT2D eigenvalue weighted by Crippen LogP contribution is 2.20. The number of carboxylic acid groups (broad SMARTS) is 1. The Morgan fingerprint density at radius 3 is 3.15 bits per heavy atom. The third kappa shape index (κ3) is 2.77. The van der Waals surface area contributed by atoms with E-state index in [1.165, 1.54) is 0 Å². The number of hydrogen-bond donors (Lipinski definition) is 1. The van der Waals surface area contributed by atoms with Gasteiger partial charge in [0.25, 0.3) is 0 Å². The SMILES string of the molecule is O=C(O)C1CSCCN1Cc1cn2cc(Cl)ccc2n1.